The maximum absolute atomic E-state index is 12.8. The van der Waals surface area contributed by atoms with Crippen LogP contribution in [-0.4, -0.2) is 70.1 Å². The van der Waals surface area contributed by atoms with Crippen LogP contribution < -0.4 is 0 Å². The van der Waals surface area contributed by atoms with E-state index in [1.807, 2.05) is 11.9 Å². The van der Waals surface area contributed by atoms with E-state index in [-0.39, 0.29) is 6.04 Å². The number of rotatable bonds is 3. The van der Waals surface area contributed by atoms with Crippen molar-refractivity contribution in [3.8, 4) is 0 Å². The average Bonchev–Trinajstić information content (AvgIpc) is 2.76. The molecule has 21 heavy (non-hydrogen) atoms. The van der Waals surface area contributed by atoms with Gasteiger partial charge in [-0.3, -0.25) is 9.80 Å². The number of aliphatic hydroxyl groups is 1. The van der Waals surface area contributed by atoms with Crippen molar-refractivity contribution < 1.29 is 22.8 Å². The lowest BCUT2D eigenvalue weighted by atomic mass is 10.0. The molecule has 2 atom stereocenters. The lowest BCUT2D eigenvalue weighted by molar-refractivity contribution is -0.258. The van der Waals surface area contributed by atoms with Gasteiger partial charge in [-0.05, 0) is 20.9 Å². The first-order valence-electron chi connectivity index (χ1n) is 6.62. The highest BCUT2D eigenvalue weighted by Gasteiger charge is 2.51. The Bertz CT molecular complexity index is 489. The van der Waals surface area contributed by atoms with E-state index in [0.717, 1.165) is 6.92 Å². The summed E-state index contributed by atoms with van der Waals surface area (Å²) in [5.74, 6) is 0.865. The molecular formula is C12H19F3N4O2. The number of likely N-dealkylation sites (N-methyl/N-ethyl adjacent to an activating group) is 1. The number of alkyl halides is 3. The van der Waals surface area contributed by atoms with Crippen molar-refractivity contribution in [2.75, 3.05) is 33.2 Å². The van der Waals surface area contributed by atoms with E-state index >= 15 is 0 Å². The Kier molecular flexibility index (Phi) is 4.27. The van der Waals surface area contributed by atoms with Crippen molar-refractivity contribution in [3.63, 3.8) is 0 Å². The molecule has 0 saturated carbocycles. The van der Waals surface area contributed by atoms with Gasteiger partial charge in [0.25, 0.3) is 0 Å². The van der Waals surface area contributed by atoms with Gasteiger partial charge in [-0.15, -0.1) is 0 Å². The summed E-state index contributed by atoms with van der Waals surface area (Å²) in [4.78, 5) is 7.65. The van der Waals surface area contributed by atoms with E-state index in [1.165, 1.54) is 0 Å². The van der Waals surface area contributed by atoms with Crippen LogP contribution in [0.3, 0.4) is 0 Å². The Labute approximate surface area is 120 Å². The van der Waals surface area contributed by atoms with Gasteiger partial charge in [-0.25, -0.2) is 0 Å². The van der Waals surface area contributed by atoms with Gasteiger partial charge in [-0.1, -0.05) is 5.16 Å². The van der Waals surface area contributed by atoms with Crippen LogP contribution in [0.1, 0.15) is 24.7 Å². The van der Waals surface area contributed by atoms with Gasteiger partial charge in [0.05, 0.1) is 0 Å². The van der Waals surface area contributed by atoms with Gasteiger partial charge in [0.15, 0.2) is 11.4 Å². The summed E-state index contributed by atoms with van der Waals surface area (Å²) in [6.07, 6.45) is -4.66. The zero-order valence-electron chi connectivity index (χ0n) is 12.2. The SMILES string of the molecule is Cc1noc(C2CN(CC(C)(O)C(F)(F)F)CCN2C)n1. The third-order valence-electron chi connectivity index (χ3n) is 3.70. The molecule has 1 saturated heterocycles. The van der Waals surface area contributed by atoms with Crippen LogP contribution in [0.15, 0.2) is 4.52 Å². The number of aromatic nitrogens is 2. The first-order valence-corrected chi connectivity index (χ1v) is 6.62. The minimum atomic E-state index is -4.66. The smallest absolute Gasteiger partial charge is 0.380 e. The standard InChI is InChI=1S/C12H19F3N4O2/c1-8-16-10(21-17-8)9-6-19(5-4-18(9)3)7-11(2,20)12(13,14)15/h9,20H,4-7H2,1-3H3. The van der Waals surface area contributed by atoms with Crippen molar-refractivity contribution in [2.45, 2.75) is 31.7 Å². The Balaban J connectivity index is 2.07. The number of hydrogen-bond donors (Lipinski definition) is 1. The number of aryl methyl sites for hydroxylation is 1. The predicted octanol–water partition coefficient (Wildman–Crippen LogP) is 0.980. The molecule has 1 aromatic rings. The maximum atomic E-state index is 12.8. The number of nitrogens with zero attached hydrogens (tertiary/aromatic N) is 4. The molecule has 0 spiro atoms. The van der Waals surface area contributed by atoms with Crippen molar-refractivity contribution >= 4 is 0 Å². The minimum Gasteiger partial charge on any atom is -0.380 e. The summed E-state index contributed by atoms with van der Waals surface area (Å²) < 4.78 is 43.4. The lowest BCUT2D eigenvalue weighted by Gasteiger charge is -2.40. The van der Waals surface area contributed by atoms with E-state index in [0.29, 0.717) is 31.3 Å². The molecule has 1 N–H and O–H groups in total. The quantitative estimate of drug-likeness (QED) is 0.898. The predicted molar refractivity (Wildman–Crippen MR) is 67.5 cm³/mol. The summed E-state index contributed by atoms with van der Waals surface area (Å²) in [7, 11) is 1.85. The van der Waals surface area contributed by atoms with E-state index in [9.17, 15) is 18.3 Å². The Morgan fingerprint density at radius 1 is 1.38 bits per heavy atom. The maximum Gasteiger partial charge on any atom is 0.418 e. The Morgan fingerprint density at radius 3 is 2.57 bits per heavy atom. The van der Waals surface area contributed by atoms with Gasteiger partial charge in [0.1, 0.15) is 6.04 Å². The van der Waals surface area contributed by atoms with E-state index in [2.05, 4.69) is 10.1 Å². The number of halogens is 3. The van der Waals surface area contributed by atoms with E-state index in [4.69, 9.17) is 4.52 Å². The molecule has 0 amide bonds. The van der Waals surface area contributed by atoms with Crippen LogP contribution in [0.4, 0.5) is 13.2 Å². The van der Waals surface area contributed by atoms with Crippen LogP contribution in [0, 0.1) is 6.92 Å². The van der Waals surface area contributed by atoms with Crippen LogP contribution in [0.5, 0.6) is 0 Å². The summed E-state index contributed by atoms with van der Waals surface area (Å²) >= 11 is 0. The van der Waals surface area contributed by atoms with Crippen LogP contribution in [0.2, 0.25) is 0 Å². The molecule has 1 aliphatic heterocycles. The zero-order valence-corrected chi connectivity index (χ0v) is 12.2. The molecule has 0 aliphatic carbocycles. The molecule has 2 unspecified atom stereocenters. The number of hydrogen-bond acceptors (Lipinski definition) is 6. The summed E-state index contributed by atoms with van der Waals surface area (Å²) in [5.41, 5.74) is -2.74. The van der Waals surface area contributed by atoms with Crippen molar-refractivity contribution in [3.05, 3.63) is 11.7 Å². The van der Waals surface area contributed by atoms with Crippen molar-refractivity contribution in [1.29, 1.82) is 0 Å². The number of β-amino-alcohol motifs (C(OH)–C–C–N with tert-alkyl or cyclic N) is 1. The van der Waals surface area contributed by atoms with Gasteiger partial charge in [0, 0.05) is 26.2 Å². The fourth-order valence-corrected chi connectivity index (χ4v) is 2.31. The zero-order chi connectivity index (χ0) is 15.8. The van der Waals surface area contributed by atoms with Crippen molar-refractivity contribution in [1.82, 2.24) is 19.9 Å². The molecular weight excluding hydrogens is 289 g/mol. The lowest BCUT2D eigenvalue weighted by Crippen LogP contribution is -2.56. The average molecular weight is 308 g/mol. The molecule has 120 valence electrons. The fourth-order valence-electron chi connectivity index (χ4n) is 2.31. The molecule has 0 radical (unpaired) electrons. The molecule has 9 heteroatoms. The summed E-state index contributed by atoms with van der Waals surface area (Å²) in [6, 6.07) is -0.274. The van der Waals surface area contributed by atoms with Crippen LogP contribution >= 0.6 is 0 Å². The summed E-state index contributed by atoms with van der Waals surface area (Å²) in [6.45, 7) is 3.28. The topological polar surface area (TPSA) is 65.6 Å². The second kappa shape index (κ2) is 5.54. The van der Waals surface area contributed by atoms with Gasteiger partial charge in [-0.2, -0.15) is 18.2 Å². The van der Waals surface area contributed by atoms with E-state index in [1.54, 1.807) is 11.8 Å². The monoisotopic (exact) mass is 308 g/mol. The van der Waals surface area contributed by atoms with Gasteiger partial charge in [0.2, 0.25) is 5.89 Å². The highest BCUT2D eigenvalue weighted by Crippen LogP contribution is 2.32. The third-order valence-corrected chi connectivity index (χ3v) is 3.70. The highest BCUT2D eigenvalue weighted by atomic mass is 19.4. The molecule has 0 aromatic carbocycles. The van der Waals surface area contributed by atoms with Crippen LogP contribution in [-0.2, 0) is 0 Å². The molecule has 2 heterocycles. The second-order valence-corrected chi connectivity index (χ2v) is 5.68. The van der Waals surface area contributed by atoms with E-state index < -0.39 is 18.3 Å². The van der Waals surface area contributed by atoms with Crippen molar-refractivity contribution in [2.24, 2.45) is 0 Å². The van der Waals surface area contributed by atoms with Gasteiger partial charge < -0.3 is 9.63 Å². The minimum absolute atomic E-state index is 0.274. The second-order valence-electron chi connectivity index (χ2n) is 5.68. The highest BCUT2D eigenvalue weighted by molar-refractivity contribution is 4.97. The molecule has 6 nitrogen and oxygen atoms in total. The molecule has 1 aliphatic rings. The third kappa shape index (κ3) is 3.53. The Morgan fingerprint density at radius 2 is 2.05 bits per heavy atom. The fraction of sp³-hybridized carbons (Fsp3) is 0.833. The number of piperazine rings is 1. The molecule has 2 rings (SSSR count). The largest absolute Gasteiger partial charge is 0.418 e. The summed E-state index contributed by atoms with van der Waals surface area (Å²) in [5, 5.41) is 13.3. The normalized spacial score (nSPS) is 25.0. The molecule has 1 fully saturated rings. The Hall–Kier alpha value is -1.19. The van der Waals surface area contributed by atoms with Crippen LogP contribution in [0.25, 0.3) is 0 Å². The molecule has 1 aromatic heterocycles. The molecule has 0 bridgehead atoms. The first kappa shape index (κ1) is 16.2. The first-order chi connectivity index (χ1) is 9.60. The van der Waals surface area contributed by atoms with Gasteiger partial charge >= 0.3 is 6.18 Å².